The van der Waals surface area contributed by atoms with E-state index in [4.69, 9.17) is 9.15 Å². The largest absolute Gasteiger partial charge is 0.508 e. The highest BCUT2D eigenvalue weighted by atomic mass is 16.5. The van der Waals surface area contributed by atoms with E-state index in [0.29, 0.717) is 22.7 Å². The molecule has 3 rings (SSSR count). The summed E-state index contributed by atoms with van der Waals surface area (Å²) in [6.07, 6.45) is 0. The second kappa shape index (κ2) is 4.38. The van der Waals surface area contributed by atoms with Gasteiger partial charge in [0.25, 0.3) is 0 Å². The summed E-state index contributed by atoms with van der Waals surface area (Å²) < 4.78 is 10.6. The van der Waals surface area contributed by atoms with Crippen molar-refractivity contribution in [3.05, 3.63) is 36.4 Å². The molecule has 0 bridgehead atoms. The molecule has 0 aliphatic carbocycles. The molecule has 0 saturated heterocycles. The predicted molar refractivity (Wildman–Crippen MR) is 73.2 cm³/mol. The number of ether oxygens (including phenoxy) is 1. The van der Waals surface area contributed by atoms with Crippen molar-refractivity contribution < 1.29 is 24.5 Å². The molecule has 0 amide bonds. The standard InChI is InChI=1S/C15H12O5/c1-19-15-5-9-4-13(20-14(9)7-12(15)18)8-2-10(16)6-11(17)3-8/h2-7,16-18H,1H3. The monoisotopic (exact) mass is 272 g/mol. The number of phenols is 3. The van der Waals surface area contributed by atoms with E-state index in [-0.39, 0.29) is 17.2 Å². The van der Waals surface area contributed by atoms with Crippen molar-refractivity contribution in [3.63, 3.8) is 0 Å². The van der Waals surface area contributed by atoms with Gasteiger partial charge in [-0.05, 0) is 24.3 Å². The van der Waals surface area contributed by atoms with Crippen LogP contribution in [0.4, 0.5) is 0 Å². The van der Waals surface area contributed by atoms with Gasteiger partial charge in [0.15, 0.2) is 11.5 Å². The van der Waals surface area contributed by atoms with Crippen molar-refractivity contribution in [2.75, 3.05) is 7.11 Å². The molecule has 0 atom stereocenters. The van der Waals surface area contributed by atoms with Gasteiger partial charge in [-0.1, -0.05) is 0 Å². The van der Waals surface area contributed by atoms with Crippen molar-refractivity contribution >= 4 is 11.0 Å². The molecule has 3 N–H and O–H groups in total. The van der Waals surface area contributed by atoms with Crippen LogP contribution < -0.4 is 4.74 Å². The Kier molecular flexibility index (Phi) is 2.68. The Hall–Kier alpha value is -2.82. The second-order valence-electron chi connectivity index (χ2n) is 4.41. The van der Waals surface area contributed by atoms with Gasteiger partial charge in [0, 0.05) is 23.1 Å². The molecule has 0 radical (unpaired) electrons. The van der Waals surface area contributed by atoms with Gasteiger partial charge in [0.05, 0.1) is 7.11 Å². The summed E-state index contributed by atoms with van der Waals surface area (Å²) in [6.45, 7) is 0. The Morgan fingerprint density at radius 2 is 1.60 bits per heavy atom. The third-order valence-corrected chi connectivity index (χ3v) is 3.00. The van der Waals surface area contributed by atoms with Crippen LogP contribution in [-0.4, -0.2) is 22.4 Å². The lowest BCUT2D eigenvalue weighted by atomic mass is 10.1. The van der Waals surface area contributed by atoms with Crippen LogP contribution in [0.2, 0.25) is 0 Å². The maximum atomic E-state index is 9.71. The minimum atomic E-state index is -0.0547. The molecule has 1 heterocycles. The molecule has 102 valence electrons. The van der Waals surface area contributed by atoms with Crippen LogP contribution in [0.5, 0.6) is 23.0 Å². The number of benzene rings is 2. The molecule has 0 spiro atoms. The van der Waals surface area contributed by atoms with Crippen LogP contribution in [0.3, 0.4) is 0 Å². The van der Waals surface area contributed by atoms with E-state index in [2.05, 4.69) is 0 Å². The number of fused-ring (bicyclic) bond motifs is 1. The van der Waals surface area contributed by atoms with E-state index in [1.54, 1.807) is 12.1 Å². The summed E-state index contributed by atoms with van der Waals surface area (Å²) in [4.78, 5) is 0. The van der Waals surface area contributed by atoms with Crippen LogP contribution in [0, 0.1) is 0 Å². The summed E-state index contributed by atoms with van der Waals surface area (Å²) in [5.74, 6) is 0.698. The van der Waals surface area contributed by atoms with Gasteiger partial charge in [0.1, 0.15) is 22.8 Å². The fourth-order valence-corrected chi connectivity index (χ4v) is 2.10. The number of methoxy groups -OCH3 is 1. The lowest BCUT2D eigenvalue weighted by molar-refractivity contribution is 0.374. The highest BCUT2D eigenvalue weighted by molar-refractivity contribution is 5.86. The normalized spacial score (nSPS) is 10.8. The summed E-state index contributed by atoms with van der Waals surface area (Å²) in [6, 6.07) is 9.05. The molecule has 0 fully saturated rings. The fourth-order valence-electron chi connectivity index (χ4n) is 2.10. The second-order valence-corrected chi connectivity index (χ2v) is 4.41. The van der Waals surface area contributed by atoms with E-state index in [1.807, 2.05) is 0 Å². The Bertz CT molecular complexity index is 768. The quantitative estimate of drug-likeness (QED) is 0.667. The Morgan fingerprint density at radius 1 is 0.900 bits per heavy atom. The maximum Gasteiger partial charge on any atom is 0.161 e. The first-order chi connectivity index (χ1) is 9.56. The third kappa shape index (κ3) is 1.99. The molecule has 5 nitrogen and oxygen atoms in total. The van der Waals surface area contributed by atoms with Gasteiger partial charge >= 0.3 is 0 Å². The minimum Gasteiger partial charge on any atom is -0.508 e. The Morgan fingerprint density at radius 3 is 2.25 bits per heavy atom. The summed E-state index contributed by atoms with van der Waals surface area (Å²) in [5, 5.41) is 29.4. The highest BCUT2D eigenvalue weighted by Crippen LogP contribution is 2.37. The van der Waals surface area contributed by atoms with E-state index in [1.165, 1.54) is 31.4 Å². The van der Waals surface area contributed by atoms with Gasteiger partial charge in [0.2, 0.25) is 0 Å². The van der Waals surface area contributed by atoms with Crippen molar-refractivity contribution in [3.8, 4) is 34.3 Å². The topological polar surface area (TPSA) is 83.1 Å². The average molecular weight is 272 g/mol. The van der Waals surface area contributed by atoms with Crippen LogP contribution >= 0.6 is 0 Å². The smallest absolute Gasteiger partial charge is 0.161 e. The van der Waals surface area contributed by atoms with Crippen molar-refractivity contribution in [1.29, 1.82) is 0 Å². The molecule has 2 aromatic carbocycles. The first-order valence-corrected chi connectivity index (χ1v) is 5.91. The molecule has 1 aromatic heterocycles. The first kappa shape index (κ1) is 12.2. The molecule has 0 aliphatic rings. The summed E-state index contributed by atoms with van der Waals surface area (Å²) >= 11 is 0. The van der Waals surface area contributed by atoms with Gasteiger partial charge in [-0.3, -0.25) is 0 Å². The number of hydrogen-bond donors (Lipinski definition) is 3. The summed E-state index contributed by atoms with van der Waals surface area (Å²) in [5.41, 5.74) is 1.03. The Labute approximate surface area is 114 Å². The van der Waals surface area contributed by atoms with E-state index in [9.17, 15) is 15.3 Å². The first-order valence-electron chi connectivity index (χ1n) is 5.91. The predicted octanol–water partition coefficient (Wildman–Crippen LogP) is 3.23. The molecular weight excluding hydrogens is 260 g/mol. The lowest BCUT2D eigenvalue weighted by Crippen LogP contribution is -1.82. The van der Waals surface area contributed by atoms with E-state index in [0.717, 1.165) is 5.39 Å². The number of hydrogen-bond acceptors (Lipinski definition) is 5. The SMILES string of the molecule is COc1cc2cc(-c3cc(O)cc(O)c3)oc2cc1O. The van der Waals surface area contributed by atoms with Gasteiger partial charge in [-0.2, -0.15) is 0 Å². The Balaban J connectivity index is 2.17. The molecule has 5 heteroatoms. The molecule has 0 saturated carbocycles. The van der Waals surface area contributed by atoms with Crippen LogP contribution in [0.1, 0.15) is 0 Å². The highest BCUT2D eigenvalue weighted by Gasteiger charge is 2.12. The number of furan rings is 1. The number of aromatic hydroxyl groups is 3. The molecule has 0 aliphatic heterocycles. The minimum absolute atomic E-state index is 0.0142. The third-order valence-electron chi connectivity index (χ3n) is 3.00. The zero-order valence-electron chi connectivity index (χ0n) is 10.6. The zero-order valence-corrected chi connectivity index (χ0v) is 10.6. The van der Waals surface area contributed by atoms with Crippen LogP contribution in [0.15, 0.2) is 40.8 Å². The van der Waals surface area contributed by atoms with Crippen LogP contribution in [0.25, 0.3) is 22.3 Å². The van der Waals surface area contributed by atoms with Crippen molar-refractivity contribution in [1.82, 2.24) is 0 Å². The number of phenolic OH excluding ortho intramolecular Hbond substituents is 3. The molecular formula is C15H12O5. The van der Waals surface area contributed by atoms with Gasteiger partial charge < -0.3 is 24.5 Å². The van der Waals surface area contributed by atoms with Crippen molar-refractivity contribution in [2.24, 2.45) is 0 Å². The zero-order chi connectivity index (χ0) is 14.3. The lowest BCUT2D eigenvalue weighted by Gasteiger charge is -2.01. The van der Waals surface area contributed by atoms with Crippen LogP contribution in [-0.2, 0) is 0 Å². The summed E-state index contributed by atoms with van der Waals surface area (Å²) in [7, 11) is 1.47. The molecule has 0 unspecified atom stereocenters. The van der Waals surface area contributed by atoms with Gasteiger partial charge in [-0.25, -0.2) is 0 Å². The van der Waals surface area contributed by atoms with Crippen molar-refractivity contribution in [2.45, 2.75) is 0 Å². The maximum absolute atomic E-state index is 9.71. The van der Waals surface area contributed by atoms with Gasteiger partial charge in [-0.15, -0.1) is 0 Å². The number of rotatable bonds is 2. The molecule has 20 heavy (non-hydrogen) atoms. The van der Waals surface area contributed by atoms with E-state index < -0.39 is 0 Å². The molecule has 3 aromatic rings. The fraction of sp³-hybridized carbons (Fsp3) is 0.0667. The average Bonchev–Trinajstić information content (AvgIpc) is 2.79. The van der Waals surface area contributed by atoms with E-state index >= 15 is 0 Å².